The Balaban J connectivity index is 1.38. The average molecular weight is 492 g/mol. The third-order valence-corrected chi connectivity index (χ3v) is 6.62. The summed E-state index contributed by atoms with van der Waals surface area (Å²) in [6.07, 6.45) is -2.91. The van der Waals surface area contributed by atoms with Gasteiger partial charge in [0.2, 0.25) is 5.89 Å². The molecule has 6 nitrogen and oxygen atoms in total. The van der Waals surface area contributed by atoms with Gasteiger partial charge in [0.25, 0.3) is 5.89 Å². The molecular weight excluding hydrogens is 470 g/mol. The summed E-state index contributed by atoms with van der Waals surface area (Å²) in [5.41, 5.74) is 1.22. The molecule has 2 fully saturated rings. The average Bonchev–Trinajstić information content (AvgIpc) is 3.24. The number of rotatable bonds is 5. The highest BCUT2D eigenvalue weighted by Crippen LogP contribution is 2.40. The fourth-order valence-corrected chi connectivity index (χ4v) is 5.00. The number of aromatic nitrogens is 2. The predicted molar refractivity (Wildman–Crippen MR) is 121 cm³/mol. The minimum atomic E-state index is -2.91. The second-order valence-corrected chi connectivity index (χ2v) is 9.29. The molecule has 178 valence electrons. The quantitative estimate of drug-likeness (QED) is 0.385. The smallest absolute Gasteiger partial charge is 0.314 e. The van der Waals surface area contributed by atoms with E-state index in [-0.39, 0.29) is 23.4 Å². The van der Waals surface area contributed by atoms with Crippen LogP contribution in [0.1, 0.15) is 17.9 Å². The Morgan fingerprint density at radius 1 is 1.12 bits per heavy atom. The van der Waals surface area contributed by atoms with Crippen molar-refractivity contribution in [1.82, 2.24) is 20.0 Å². The van der Waals surface area contributed by atoms with Gasteiger partial charge in [0.05, 0.1) is 6.54 Å². The number of hydrogen-bond donors (Lipinski definition) is 0. The first-order valence-corrected chi connectivity index (χ1v) is 11.0. The SMILES string of the molecule is CN1CC2(C1)CN(C(=S)N(Cc1ccc(-c3nnc(C(F)F)o3)cc1F)c1cccc(F)c1)C2. The zero-order chi connectivity index (χ0) is 24.0. The van der Waals surface area contributed by atoms with Crippen LogP contribution in [-0.2, 0) is 6.54 Å². The van der Waals surface area contributed by atoms with Crippen LogP contribution in [0.25, 0.3) is 11.5 Å². The summed E-state index contributed by atoms with van der Waals surface area (Å²) < 4.78 is 59.4. The summed E-state index contributed by atoms with van der Waals surface area (Å²) in [6.45, 7) is 3.67. The standard InChI is InChI=1S/C23H21F4N5OS/c1-30-10-23(11-30)12-31(13-23)22(34)32(17-4-2-3-16(24)8-17)9-15-6-5-14(7-18(15)25)20-28-29-21(33-20)19(26)27/h2-8,19H,9-13H2,1H3. The van der Waals surface area contributed by atoms with Crippen LogP contribution in [0.4, 0.5) is 23.2 Å². The van der Waals surface area contributed by atoms with Gasteiger partial charge < -0.3 is 19.1 Å². The number of thiocarbonyl (C=S) groups is 1. The van der Waals surface area contributed by atoms with E-state index < -0.39 is 24.0 Å². The van der Waals surface area contributed by atoms with Gasteiger partial charge in [-0.2, -0.15) is 8.78 Å². The molecule has 0 unspecified atom stereocenters. The monoisotopic (exact) mass is 491 g/mol. The number of benzene rings is 2. The molecule has 0 radical (unpaired) electrons. The lowest BCUT2D eigenvalue weighted by Crippen LogP contribution is -2.73. The van der Waals surface area contributed by atoms with Gasteiger partial charge in [0, 0.05) is 48.4 Å². The zero-order valence-corrected chi connectivity index (χ0v) is 19.0. The van der Waals surface area contributed by atoms with Crippen molar-refractivity contribution in [3.05, 3.63) is 65.6 Å². The first-order valence-electron chi connectivity index (χ1n) is 10.6. The first-order chi connectivity index (χ1) is 16.2. The predicted octanol–water partition coefficient (Wildman–Crippen LogP) is 4.49. The van der Waals surface area contributed by atoms with Crippen molar-refractivity contribution in [2.24, 2.45) is 5.41 Å². The minimum absolute atomic E-state index is 0.0594. The van der Waals surface area contributed by atoms with Crippen molar-refractivity contribution in [2.45, 2.75) is 13.0 Å². The van der Waals surface area contributed by atoms with E-state index in [1.54, 1.807) is 17.0 Å². The number of anilines is 1. The summed E-state index contributed by atoms with van der Waals surface area (Å²) in [6, 6.07) is 10.2. The zero-order valence-electron chi connectivity index (χ0n) is 18.2. The van der Waals surface area contributed by atoms with Crippen molar-refractivity contribution in [2.75, 3.05) is 38.1 Å². The Morgan fingerprint density at radius 2 is 1.88 bits per heavy atom. The van der Waals surface area contributed by atoms with E-state index in [0.29, 0.717) is 16.4 Å². The van der Waals surface area contributed by atoms with Gasteiger partial charge in [-0.1, -0.05) is 12.1 Å². The van der Waals surface area contributed by atoms with E-state index in [0.717, 1.165) is 32.2 Å². The molecule has 0 amide bonds. The molecule has 0 atom stereocenters. The van der Waals surface area contributed by atoms with Gasteiger partial charge in [-0.3, -0.25) is 0 Å². The van der Waals surface area contributed by atoms with Crippen LogP contribution in [0.15, 0.2) is 46.9 Å². The van der Waals surface area contributed by atoms with E-state index >= 15 is 4.39 Å². The number of halogens is 4. The molecule has 0 bridgehead atoms. The molecule has 2 aliphatic heterocycles. The van der Waals surface area contributed by atoms with Gasteiger partial charge in [-0.25, -0.2) is 8.78 Å². The minimum Gasteiger partial charge on any atom is -0.415 e. The number of nitrogens with zero attached hydrogens (tertiary/aromatic N) is 5. The highest BCUT2D eigenvalue weighted by molar-refractivity contribution is 7.80. The maximum Gasteiger partial charge on any atom is 0.314 e. The van der Waals surface area contributed by atoms with E-state index in [1.165, 1.54) is 24.3 Å². The first kappa shape index (κ1) is 22.7. The highest BCUT2D eigenvalue weighted by Gasteiger charge is 2.51. The van der Waals surface area contributed by atoms with Crippen molar-refractivity contribution in [3.8, 4) is 11.5 Å². The molecule has 1 aromatic heterocycles. The number of alkyl halides is 2. The molecule has 3 aromatic rings. The molecule has 0 N–H and O–H groups in total. The van der Waals surface area contributed by atoms with Crippen molar-refractivity contribution < 1.29 is 22.0 Å². The van der Waals surface area contributed by atoms with Crippen LogP contribution >= 0.6 is 12.2 Å². The highest BCUT2D eigenvalue weighted by atomic mass is 32.1. The molecule has 0 aliphatic carbocycles. The van der Waals surface area contributed by atoms with Gasteiger partial charge in [-0.05, 0) is 49.6 Å². The summed E-state index contributed by atoms with van der Waals surface area (Å²) in [5, 5.41) is 7.31. The van der Waals surface area contributed by atoms with E-state index in [1.807, 2.05) is 4.90 Å². The van der Waals surface area contributed by atoms with Crippen LogP contribution in [-0.4, -0.2) is 58.3 Å². The van der Waals surface area contributed by atoms with E-state index in [4.69, 9.17) is 16.6 Å². The number of likely N-dealkylation sites (tertiary alicyclic amines) is 2. The Hall–Kier alpha value is -3.05. The summed E-state index contributed by atoms with van der Waals surface area (Å²) in [5.74, 6) is -2.05. The molecule has 0 saturated carbocycles. The second-order valence-electron chi connectivity index (χ2n) is 8.93. The van der Waals surface area contributed by atoms with Crippen LogP contribution in [0.3, 0.4) is 0 Å². The molecular formula is C23H21F4N5OS. The van der Waals surface area contributed by atoms with E-state index in [9.17, 15) is 13.2 Å². The normalized spacial score (nSPS) is 17.1. The van der Waals surface area contributed by atoms with E-state index in [2.05, 4.69) is 22.1 Å². The summed E-state index contributed by atoms with van der Waals surface area (Å²) >= 11 is 5.74. The summed E-state index contributed by atoms with van der Waals surface area (Å²) in [4.78, 5) is 5.99. The molecule has 11 heteroatoms. The molecule has 2 aromatic carbocycles. The maximum absolute atomic E-state index is 15.0. The molecule has 3 heterocycles. The van der Waals surface area contributed by atoms with Crippen LogP contribution in [0.5, 0.6) is 0 Å². The lowest BCUT2D eigenvalue weighted by atomic mass is 9.73. The molecule has 1 spiro atoms. The fraction of sp³-hybridized carbons (Fsp3) is 0.348. The Kier molecular flexibility index (Phi) is 5.76. The fourth-order valence-electron chi connectivity index (χ4n) is 4.70. The van der Waals surface area contributed by atoms with Crippen LogP contribution in [0, 0.1) is 17.0 Å². The third kappa shape index (κ3) is 4.25. The van der Waals surface area contributed by atoms with Crippen molar-refractivity contribution in [1.29, 1.82) is 0 Å². The van der Waals surface area contributed by atoms with Gasteiger partial charge in [-0.15, -0.1) is 10.2 Å². The molecule has 34 heavy (non-hydrogen) atoms. The van der Waals surface area contributed by atoms with Crippen LogP contribution in [0.2, 0.25) is 0 Å². The van der Waals surface area contributed by atoms with Crippen molar-refractivity contribution in [3.63, 3.8) is 0 Å². The topological polar surface area (TPSA) is 48.6 Å². The lowest BCUT2D eigenvalue weighted by Gasteiger charge is -2.60. The molecule has 5 rings (SSSR count). The summed E-state index contributed by atoms with van der Waals surface area (Å²) in [7, 11) is 2.07. The number of hydrogen-bond acceptors (Lipinski definition) is 5. The molecule has 2 saturated heterocycles. The Morgan fingerprint density at radius 3 is 2.50 bits per heavy atom. The largest absolute Gasteiger partial charge is 0.415 e. The van der Waals surface area contributed by atoms with Crippen molar-refractivity contribution >= 4 is 23.0 Å². The van der Waals surface area contributed by atoms with Gasteiger partial charge >= 0.3 is 6.43 Å². The Labute approximate surface area is 198 Å². The Bertz CT molecular complexity index is 1220. The van der Waals surface area contributed by atoms with Gasteiger partial charge in [0.15, 0.2) is 5.11 Å². The lowest BCUT2D eigenvalue weighted by molar-refractivity contribution is -0.0733. The third-order valence-electron chi connectivity index (χ3n) is 6.14. The van der Waals surface area contributed by atoms with Crippen LogP contribution < -0.4 is 4.90 Å². The van der Waals surface area contributed by atoms with Gasteiger partial charge in [0.1, 0.15) is 11.6 Å². The second kappa shape index (κ2) is 8.62. The molecule has 2 aliphatic rings. The maximum atomic E-state index is 15.0.